The molecule has 2 N–H and O–H groups in total. The number of nitrogens with zero attached hydrogens (tertiary/aromatic N) is 4. The Morgan fingerprint density at radius 3 is 2.60 bits per heavy atom. The number of anilines is 2. The second-order valence-electron chi connectivity index (χ2n) is 7.94. The van der Waals surface area contributed by atoms with Gasteiger partial charge in [0.05, 0.1) is 31.7 Å². The van der Waals surface area contributed by atoms with Crippen molar-refractivity contribution in [1.29, 1.82) is 0 Å². The fourth-order valence-corrected chi connectivity index (χ4v) is 4.13. The molecule has 1 aliphatic rings. The molecule has 35 heavy (non-hydrogen) atoms. The molecule has 1 aliphatic heterocycles. The van der Waals surface area contributed by atoms with E-state index in [4.69, 9.17) is 19.6 Å². The lowest BCUT2D eigenvalue weighted by molar-refractivity contribution is -0.113. The number of methoxy groups -OCH3 is 2. The minimum atomic E-state index is -0.627. The van der Waals surface area contributed by atoms with E-state index < -0.39 is 6.04 Å². The first kappa shape index (κ1) is 22.1. The summed E-state index contributed by atoms with van der Waals surface area (Å²) in [6.45, 7) is 1.85. The van der Waals surface area contributed by atoms with Crippen LogP contribution in [0, 0.1) is 0 Å². The minimum absolute atomic E-state index is 0.291. The van der Waals surface area contributed by atoms with E-state index in [0.717, 1.165) is 11.1 Å². The van der Waals surface area contributed by atoms with Crippen molar-refractivity contribution in [2.24, 2.45) is 0 Å². The number of benzene rings is 2. The van der Waals surface area contributed by atoms with Gasteiger partial charge in [0.1, 0.15) is 17.5 Å². The van der Waals surface area contributed by atoms with Gasteiger partial charge in [-0.15, -0.1) is 5.10 Å². The molecular formula is C26H24N6O3. The molecule has 4 aromatic rings. The summed E-state index contributed by atoms with van der Waals surface area (Å²) in [5.41, 5.74) is 3.29. The molecule has 3 heterocycles. The maximum absolute atomic E-state index is 13.6. The molecule has 9 heteroatoms. The van der Waals surface area contributed by atoms with Gasteiger partial charge >= 0.3 is 0 Å². The summed E-state index contributed by atoms with van der Waals surface area (Å²) >= 11 is 0. The SMILES string of the molecule is COc1ccc(OC)c([C@H]2C(C(=O)Nc3cccnc3)=C(C)Nc3nc(-c4ccccc4)nn32)c1. The standard InChI is InChI=1S/C26H24N6O3/c1-16-22(25(33)29-18-10-7-13-27-15-18)23(20-14-19(34-2)11-12-21(20)35-3)32-26(28-16)30-24(31-32)17-8-5-4-6-9-17/h4-15,23H,1-3H3,(H,29,33)(H,28,30,31)/t23-/m0/s1. The number of hydrogen-bond donors (Lipinski definition) is 2. The van der Waals surface area contributed by atoms with Crippen LogP contribution in [0.1, 0.15) is 18.5 Å². The first-order valence-electron chi connectivity index (χ1n) is 11.0. The zero-order valence-electron chi connectivity index (χ0n) is 19.5. The van der Waals surface area contributed by atoms with Gasteiger partial charge in [-0.3, -0.25) is 9.78 Å². The topological polar surface area (TPSA) is 103 Å². The molecule has 2 aromatic carbocycles. The molecule has 0 unspecified atom stereocenters. The van der Waals surface area contributed by atoms with Crippen LogP contribution in [-0.4, -0.2) is 39.9 Å². The van der Waals surface area contributed by atoms with Crippen molar-refractivity contribution < 1.29 is 14.3 Å². The van der Waals surface area contributed by atoms with Crippen LogP contribution in [0.25, 0.3) is 11.4 Å². The molecule has 0 bridgehead atoms. The summed E-state index contributed by atoms with van der Waals surface area (Å²) < 4.78 is 12.9. The lowest BCUT2D eigenvalue weighted by atomic mass is 9.94. The van der Waals surface area contributed by atoms with E-state index in [0.29, 0.717) is 40.2 Å². The molecule has 2 aromatic heterocycles. The van der Waals surface area contributed by atoms with Crippen LogP contribution in [0.4, 0.5) is 11.6 Å². The predicted octanol–water partition coefficient (Wildman–Crippen LogP) is 4.28. The van der Waals surface area contributed by atoms with E-state index in [9.17, 15) is 4.79 Å². The van der Waals surface area contributed by atoms with Crippen molar-refractivity contribution in [1.82, 2.24) is 19.7 Å². The summed E-state index contributed by atoms with van der Waals surface area (Å²) in [6, 6.07) is 18.1. The molecule has 9 nitrogen and oxygen atoms in total. The molecule has 0 spiro atoms. The van der Waals surface area contributed by atoms with Crippen molar-refractivity contribution in [3.05, 3.63) is 89.9 Å². The minimum Gasteiger partial charge on any atom is -0.497 e. The van der Waals surface area contributed by atoms with Crippen LogP contribution in [0.15, 0.2) is 84.3 Å². The maximum Gasteiger partial charge on any atom is 0.255 e. The van der Waals surface area contributed by atoms with Gasteiger partial charge in [-0.1, -0.05) is 30.3 Å². The quantitative estimate of drug-likeness (QED) is 0.435. The third-order valence-corrected chi connectivity index (χ3v) is 5.78. The predicted molar refractivity (Wildman–Crippen MR) is 132 cm³/mol. The highest BCUT2D eigenvalue weighted by molar-refractivity contribution is 6.06. The zero-order valence-corrected chi connectivity index (χ0v) is 19.5. The van der Waals surface area contributed by atoms with Crippen LogP contribution >= 0.6 is 0 Å². The Balaban J connectivity index is 1.67. The highest BCUT2D eigenvalue weighted by Gasteiger charge is 2.36. The third kappa shape index (κ3) is 4.19. The van der Waals surface area contributed by atoms with Crippen LogP contribution in [0.3, 0.4) is 0 Å². The molecule has 176 valence electrons. The number of rotatable bonds is 6. The molecular weight excluding hydrogens is 444 g/mol. The lowest BCUT2D eigenvalue weighted by Gasteiger charge is -2.29. The number of carbonyl (C=O) groups is 1. The Labute approximate surface area is 202 Å². The molecule has 0 fully saturated rings. The Kier molecular flexibility index (Phi) is 5.88. The second-order valence-corrected chi connectivity index (χ2v) is 7.94. The number of fused-ring (bicyclic) bond motifs is 1. The van der Waals surface area contributed by atoms with E-state index in [-0.39, 0.29) is 5.91 Å². The van der Waals surface area contributed by atoms with Gasteiger partial charge in [-0.25, -0.2) is 4.68 Å². The van der Waals surface area contributed by atoms with Gasteiger partial charge in [0.2, 0.25) is 5.95 Å². The van der Waals surface area contributed by atoms with E-state index in [1.165, 1.54) is 0 Å². The largest absolute Gasteiger partial charge is 0.497 e. The summed E-state index contributed by atoms with van der Waals surface area (Å²) in [5, 5.41) is 11.0. The average molecular weight is 469 g/mol. The number of amides is 1. The molecule has 1 atom stereocenters. The average Bonchev–Trinajstić information content (AvgIpc) is 3.32. The smallest absolute Gasteiger partial charge is 0.255 e. The zero-order chi connectivity index (χ0) is 24.4. The van der Waals surface area contributed by atoms with E-state index in [2.05, 4.69) is 15.6 Å². The number of ether oxygens (including phenoxy) is 2. The van der Waals surface area contributed by atoms with Gasteiger partial charge in [0.25, 0.3) is 5.91 Å². The molecule has 0 saturated heterocycles. The molecule has 0 radical (unpaired) electrons. The first-order valence-corrected chi connectivity index (χ1v) is 11.0. The fourth-order valence-electron chi connectivity index (χ4n) is 4.13. The van der Waals surface area contributed by atoms with Crippen molar-refractivity contribution in [3.63, 3.8) is 0 Å². The highest BCUT2D eigenvalue weighted by atomic mass is 16.5. The van der Waals surface area contributed by atoms with E-state index >= 15 is 0 Å². The van der Waals surface area contributed by atoms with E-state index in [1.54, 1.807) is 43.4 Å². The van der Waals surface area contributed by atoms with Crippen molar-refractivity contribution >= 4 is 17.5 Å². The lowest BCUT2D eigenvalue weighted by Crippen LogP contribution is -2.31. The van der Waals surface area contributed by atoms with Crippen molar-refractivity contribution in [2.75, 3.05) is 24.9 Å². The Morgan fingerprint density at radius 1 is 1.06 bits per heavy atom. The second kappa shape index (κ2) is 9.30. The number of aromatic nitrogens is 4. The highest BCUT2D eigenvalue weighted by Crippen LogP contribution is 2.41. The Morgan fingerprint density at radius 2 is 1.89 bits per heavy atom. The van der Waals surface area contributed by atoms with Crippen LogP contribution in [0.5, 0.6) is 11.5 Å². The molecule has 0 aliphatic carbocycles. The van der Waals surface area contributed by atoms with Gasteiger partial charge in [-0.2, -0.15) is 4.98 Å². The number of carbonyl (C=O) groups excluding carboxylic acids is 1. The normalized spacial score (nSPS) is 14.7. The van der Waals surface area contributed by atoms with Crippen LogP contribution < -0.4 is 20.1 Å². The Bertz CT molecular complexity index is 1400. The fraction of sp³-hybridized carbons (Fsp3) is 0.154. The molecule has 5 rings (SSSR count). The van der Waals surface area contributed by atoms with Crippen LogP contribution in [-0.2, 0) is 4.79 Å². The number of nitrogens with one attached hydrogen (secondary N) is 2. The van der Waals surface area contributed by atoms with Gasteiger partial charge in [0, 0.05) is 23.0 Å². The molecule has 0 saturated carbocycles. The summed E-state index contributed by atoms with van der Waals surface area (Å²) in [5.74, 6) is 2.00. The van der Waals surface area contributed by atoms with Gasteiger partial charge < -0.3 is 20.1 Å². The van der Waals surface area contributed by atoms with Crippen molar-refractivity contribution in [3.8, 4) is 22.9 Å². The summed E-state index contributed by atoms with van der Waals surface area (Å²) in [7, 11) is 3.19. The van der Waals surface area contributed by atoms with Gasteiger partial charge in [0.15, 0.2) is 5.82 Å². The summed E-state index contributed by atoms with van der Waals surface area (Å²) in [6.07, 6.45) is 3.25. The number of allylic oxidation sites excluding steroid dienone is 1. The monoisotopic (exact) mass is 468 g/mol. The van der Waals surface area contributed by atoms with E-state index in [1.807, 2.05) is 55.5 Å². The Hall–Kier alpha value is -4.66. The third-order valence-electron chi connectivity index (χ3n) is 5.78. The number of pyridine rings is 1. The van der Waals surface area contributed by atoms with Crippen molar-refractivity contribution in [2.45, 2.75) is 13.0 Å². The number of hydrogen-bond acceptors (Lipinski definition) is 7. The summed E-state index contributed by atoms with van der Waals surface area (Å²) in [4.78, 5) is 22.4. The first-order chi connectivity index (χ1) is 17.1. The molecule has 1 amide bonds. The van der Waals surface area contributed by atoms with Crippen LogP contribution in [0.2, 0.25) is 0 Å². The maximum atomic E-state index is 13.6. The van der Waals surface area contributed by atoms with Gasteiger partial charge in [-0.05, 0) is 37.3 Å².